The van der Waals surface area contributed by atoms with Gasteiger partial charge in [0.15, 0.2) is 0 Å². The van der Waals surface area contributed by atoms with Crippen molar-refractivity contribution >= 4 is 0 Å². The van der Waals surface area contributed by atoms with Gasteiger partial charge in [0.1, 0.15) is 5.75 Å². The quantitative estimate of drug-likeness (QED) is 0.922. The fraction of sp³-hybridized carbons (Fsp3) is 0.538. The Labute approximate surface area is 108 Å². The summed E-state index contributed by atoms with van der Waals surface area (Å²) in [6.07, 6.45) is -3.44. The highest BCUT2D eigenvalue weighted by Crippen LogP contribution is 2.35. The molecule has 106 valence electrons. The second-order valence-corrected chi connectivity index (χ2v) is 4.50. The molecule has 2 rings (SSSR count). The second kappa shape index (κ2) is 5.79. The van der Waals surface area contributed by atoms with Crippen LogP contribution in [0.4, 0.5) is 13.2 Å². The molecule has 1 aromatic rings. The van der Waals surface area contributed by atoms with Gasteiger partial charge in [0.2, 0.25) is 0 Å². The van der Waals surface area contributed by atoms with Crippen molar-refractivity contribution in [1.29, 1.82) is 0 Å². The molecule has 0 aliphatic carbocycles. The van der Waals surface area contributed by atoms with E-state index in [-0.39, 0.29) is 24.4 Å². The van der Waals surface area contributed by atoms with E-state index in [1.807, 2.05) is 0 Å². The molecule has 6 heteroatoms. The number of hydrogen-bond acceptors (Lipinski definition) is 3. The maximum absolute atomic E-state index is 12.2. The average molecular weight is 276 g/mol. The molecule has 1 heterocycles. The maximum atomic E-state index is 12.2. The summed E-state index contributed by atoms with van der Waals surface area (Å²) in [5.74, 6) is -0.356. The van der Waals surface area contributed by atoms with Crippen LogP contribution in [-0.4, -0.2) is 24.7 Å². The molecule has 2 atom stereocenters. The highest BCUT2D eigenvalue weighted by molar-refractivity contribution is 5.30. The number of aliphatic hydroxyl groups excluding tert-OH is 1. The summed E-state index contributed by atoms with van der Waals surface area (Å²) in [4.78, 5) is 0. The van der Waals surface area contributed by atoms with Gasteiger partial charge in [-0.3, -0.25) is 0 Å². The summed E-state index contributed by atoms with van der Waals surface area (Å²) in [6.45, 7) is 0.501. The predicted octanol–water partition coefficient (Wildman–Crippen LogP) is 3.05. The molecule has 19 heavy (non-hydrogen) atoms. The Morgan fingerprint density at radius 2 is 2.16 bits per heavy atom. The van der Waals surface area contributed by atoms with Gasteiger partial charge < -0.3 is 14.6 Å². The third kappa shape index (κ3) is 3.84. The molecule has 1 aliphatic heterocycles. The van der Waals surface area contributed by atoms with Gasteiger partial charge in [-0.05, 0) is 30.5 Å². The van der Waals surface area contributed by atoms with Crippen LogP contribution in [0, 0.1) is 5.92 Å². The summed E-state index contributed by atoms with van der Waals surface area (Å²) >= 11 is 0. The van der Waals surface area contributed by atoms with Crippen molar-refractivity contribution in [2.24, 2.45) is 5.92 Å². The van der Waals surface area contributed by atoms with Crippen LogP contribution in [0.2, 0.25) is 0 Å². The molecule has 1 fully saturated rings. The number of benzene rings is 1. The first-order valence-corrected chi connectivity index (χ1v) is 6.08. The molecular weight excluding hydrogens is 261 g/mol. The standard InChI is InChI=1S/C13H15F3O3/c14-13(15,16)19-11-5-1-3-9(7-11)12-10(8-17)4-2-6-18-12/h1,3,5,7,10,12,17H,2,4,6,8H2. The van der Waals surface area contributed by atoms with Gasteiger partial charge in [-0.1, -0.05) is 12.1 Å². The van der Waals surface area contributed by atoms with E-state index in [1.165, 1.54) is 18.2 Å². The van der Waals surface area contributed by atoms with Crippen LogP contribution in [0.15, 0.2) is 24.3 Å². The Morgan fingerprint density at radius 1 is 1.37 bits per heavy atom. The van der Waals surface area contributed by atoms with Crippen LogP contribution < -0.4 is 4.74 Å². The lowest BCUT2D eigenvalue weighted by atomic mass is 9.90. The molecule has 2 unspecified atom stereocenters. The number of alkyl halides is 3. The maximum Gasteiger partial charge on any atom is 0.573 e. The summed E-state index contributed by atoms with van der Waals surface area (Å²) < 4.78 is 45.9. The minimum absolute atomic E-state index is 0.0466. The minimum Gasteiger partial charge on any atom is -0.406 e. The first-order chi connectivity index (χ1) is 8.99. The van der Waals surface area contributed by atoms with Crippen LogP contribution >= 0.6 is 0 Å². The van der Waals surface area contributed by atoms with Gasteiger partial charge in [0.05, 0.1) is 6.10 Å². The second-order valence-electron chi connectivity index (χ2n) is 4.50. The van der Waals surface area contributed by atoms with Gasteiger partial charge in [0, 0.05) is 19.1 Å². The van der Waals surface area contributed by atoms with Crippen LogP contribution in [0.1, 0.15) is 24.5 Å². The van der Waals surface area contributed by atoms with Crippen molar-refractivity contribution in [1.82, 2.24) is 0 Å². The van der Waals surface area contributed by atoms with E-state index in [9.17, 15) is 18.3 Å². The van der Waals surface area contributed by atoms with E-state index in [0.717, 1.165) is 12.8 Å². The molecule has 0 spiro atoms. The molecule has 0 saturated carbocycles. The summed E-state index contributed by atoms with van der Waals surface area (Å²) in [7, 11) is 0. The fourth-order valence-corrected chi connectivity index (χ4v) is 2.29. The SMILES string of the molecule is OCC1CCCOC1c1cccc(OC(F)(F)F)c1. The summed E-state index contributed by atoms with van der Waals surface area (Å²) in [6, 6.07) is 5.73. The van der Waals surface area contributed by atoms with Gasteiger partial charge in [-0.2, -0.15) is 0 Å². The summed E-state index contributed by atoms with van der Waals surface area (Å²) in [5.41, 5.74) is 0.598. The topological polar surface area (TPSA) is 38.7 Å². The van der Waals surface area contributed by atoms with Crippen molar-refractivity contribution in [3.05, 3.63) is 29.8 Å². The largest absolute Gasteiger partial charge is 0.573 e. The Morgan fingerprint density at radius 3 is 2.84 bits per heavy atom. The van der Waals surface area contributed by atoms with E-state index < -0.39 is 6.36 Å². The Bertz CT molecular complexity index is 420. The Kier molecular flexibility index (Phi) is 4.31. The number of rotatable bonds is 3. The molecule has 0 amide bonds. The zero-order valence-corrected chi connectivity index (χ0v) is 10.2. The molecule has 1 N–H and O–H groups in total. The number of halogens is 3. The third-order valence-electron chi connectivity index (χ3n) is 3.10. The van der Waals surface area contributed by atoms with Crippen molar-refractivity contribution in [2.45, 2.75) is 25.3 Å². The predicted molar refractivity (Wildman–Crippen MR) is 61.6 cm³/mol. The van der Waals surface area contributed by atoms with Gasteiger partial charge in [-0.25, -0.2) is 0 Å². The highest BCUT2D eigenvalue weighted by Gasteiger charge is 2.32. The lowest BCUT2D eigenvalue weighted by Crippen LogP contribution is -2.25. The molecule has 3 nitrogen and oxygen atoms in total. The average Bonchev–Trinajstić information content (AvgIpc) is 2.37. The van der Waals surface area contributed by atoms with E-state index >= 15 is 0 Å². The number of ether oxygens (including phenoxy) is 2. The van der Waals surface area contributed by atoms with E-state index in [1.54, 1.807) is 6.07 Å². The van der Waals surface area contributed by atoms with Crippen LogP contribution in [0.25, 0.3) is 0 Å². The lowest BCUT2D eigenvalue weighted by Gasteiger charge is -2.31. The summed E-state index contributed by atoms with van der Waals surface area (Å²) in [5, 5.41) is 9.29. The third-order valence-corrected chi connectivity index (χ3v) is 3.10. The Balaban J connectivity index is 2.17. The number of hydrogen-bond donors (Lipinski definition) is 1. The molecule has 1 aliphatic rings. The lowest BCUT2D eigenvalue weighted by molar-refractivity contribution is -0.274. The molecule has 1 saturated heterocycles. The van der Waals surface area contributed by atoms with Crippen molar-refractivity contribution < 1.29 is 27.8 Å². The van der Waals surface area contributed by atoms with Gasteiger partial charge in [0.25, 0.3) is 0 Å². The Hall–Kier alpha value is -1.27. The molecule has 0 aromatic heterocycles. The number of aliphatic hydroxyl groups is 1. The smallest absolute Gasteiger partial charge is 0.406 e. The van der Waals surface area contributed by atoms with E-state index in [4.69, 9.17) is 4.74 Å². The van der Waals surface area contributed by atoms with Crippen LogP contribution in [-0.2, 0) is 4.74 Å². The molecule has 1 aromatic carbocycles. The van der Waals surface area contributed by atoms with Crippen LogP contribution in [0.5, 0.6) is 5.75 Å². The van der Waals surface area contributed by atoms with Crippen LogP contribution in [0.3, 0.4) is 0 Å². The monoisotopic (exact) mass is 276 g/mol. The highest BCUT2D eigenvalue weighted by atomic mass is 19.4. The van der Waals surface area contributed by atoms with Gasteiger partial charge in [-0.15, -0.1) is 13.2 Å². The van der Waals surface area contributed by atoms with Crippen molar-refractivity contribution in [3.8, 4) is 5.75 Å². The first-order valence-electron chi connectivity index (χ1n) is 6.08. The molecule has 0 radical (unpaired) electrons. The van der Waals surface area contributed by atoms with Crippen molar-refractivity contribution in [2.75, 3.05) is 13.2 Å². The van der Waals surface area contributed by atoms with E-state index in [2.05, 4.69) is 4.74 Å². The van der Waals surface area contributed by atoms with E-state index in [0.29, 0.717) is 12.2 Å². The first kappa shape index (κ1) is 14.1. The minimum atomic E-state index is -4.71. The fourth-order valence-electron chi connectivity index (χ4n) is 2.29. The van der Waals surface area contributed by atoms with Gasteiger partial charge >= 0.3 is 6.36 Å². The zero-order chi connectivity index (χ0) is 13.9. The molecular formula is C13H15F3O3. The molecule has 0 bridgehead atoms. The zero-order valence-electron chi connectivity index (χ0n) is 10.2. The normalized spacial score (nSPS) is 24.2. The van der Waals surface area contributed by atoms with Crippen molar-refractivity contribution in [3.63, 3.8) is 0 Å².